The summed E-state index contributed by atoms with van der Waals surface area (Å²) in [4.78, 5) is 15.5. The minimum absolute atomic E-state index is 0.268. The van der Waals surface area contributed by atoms with E-state index in [1.54, 1.807) is 17.5 Å². The van der Waals surface area contributed by atoms with Crippen molar-refractivity contribution in [2.45, 2.75) is 25.4 Å². The van der Waals surface area contributed by atoms with Gasteiger partial charge in [-0.05, 0) is 6.92 Å². The molecule has 13 heavy (non-hydrogen) atoms. The second-order valence-corrected chi connectivity index (χ2v) is 4.28. The third-order valence-electron chi connectivity index (χ3n) is 2.22. The highest BCUT2D eigenvalue weighted by atomic mass is 32.1. The highest BCUT2D eigenvalue weighted by Gasteiger charge is 2.36. The molecule has 1 aliphatic rings. The number of ether oxygens (including phenoxy) is 1. The van der Waals surface area contributed by atoms with E-state index in [4.69, 9.17) is 4.74 Å². The van der Waals surface area contributed by atoms with Gasteiger partial charge in [0.2, 0.25) is 0 Å². The Balaban J connectivity index is 2.24. The summed E-state index contributed by atoms with van der Waals surface area (Å²) in [6.45, 7) is 2.46. The van der Waals surface area contributed by atoms with Crippen LogP contribution in [-0.2, 0) is 15.1 Å². The average Bonchev–Trinajstić information content (AvgIpc) is 2.55. The number of thiazole rings is 1. The van der Waals surface area contributed by atoms with Gasteiger partial charge in [0.15, 0.2) is 0 Å². The molecule has 0 radical (unpaired) electrons. The van der Waals surface area contributed by atoms with Crippen LogP contribution in [0.5, 0.6) is 0 Å². The standard InChI is InChI=1S/C9H11NO2S/c1-9(8-10-3-5-13-8)6-7(11)2-4-12-9/h3,5H,2,4,6H2,1H3. The Morgan fingerprint density at radius 3 is 3.15 bits per heavy atom. The molecule has 0 spiro atoms. The van der Waals surface area contributed by atoms with E-state index in [0.29, 0.717) is 19.4 Å². The van der Waals surface area contributed by atoms with Crippen LogP contribution in [-0.4, -0.2) is 17.4 Å². The summed E-state index contributed by atoms with van der Waals surface area (Å²) >= 11 is 1.54. The smallest absolute Gasteiger partial charge is 0.138 e. The first-order valence-electron chi connectivity index (χ1n) is 4.26. The molecule has 4 heteroatoms. The van der Waals surface area contributed by atoms with Gasteiger partial charge in [0.05, 0.1) is 6.61 Å². The molecular formula is C9H11NO2S. The van der Waals surface area contributed by atoms with Crippen LogP contribution in [0.2, 0.25) is 0 Å². The van der Waals surface area contributed by atoms with Crippen LogP contribution in [0.25, 0.3) is 0 Å². The number of carbonyl (C=O) groups excluding carboxylic acids is 1. The summed E-state index contributed by atoms with van der Waals surface area (Å²) < 4.78 is 5.61. The molecule has 1 aromatic heterocycles. The van der Waals surface area contributed by atoms with Crippen LogP contribution in [0, 0.1) is 0 Å². The third kappa shape index (κ3) is 1.64. The van der Waals surface area contributed by atoms with Crippen molar-refractivity contribution in [3.63, 3.8) is 0 Å². The van der Waals surface area contributed by atoms with E-state index in [2.05, 4.69) is 4.98 Å². The number of ketones is 1. The molecule has 1 atom stereocenters. The van der Waals surface area contributed by atoms with Gasteiger partial charge in [-0.15, -0.1) is 11.3 Å². The summed E-state index contributed by atoms with van der Waals surface area (Å²) in [6.07, 6.45) is 2.75. The monoisotopic (exact) mass is 197 g/mol. The van der Waals surface area contributed by atoms with E-state index in [1.807, 2.05) is 12.3 Å². The van der Waals surface area contributed by atoms with Crippen molar-refractivity contribution in [3.05, 3.63) is 16.6 Å². The molecule has 1 aliphatic heterocycles. The predicted octanol–water partition coefficient (Wildman–Crippen LogP) is 1.74. The molecule has 0 N–H and O–H groups in total. The zero-order valence-electron chi connectivity index (χ0n) is 7.45. The zero-order chi connectivity index (χ0) is 9.31. The fourth-order valence-electron chi connectivity index (χ4n) is 1.53. The van der Waals surface area contributed by atoms with Crippen molar-refractivity contribution < 1.29 is 9.53 Å². The zero-order valence-corrected chi connectivity index (χ0v) is 8.26. The molecular weight excluding hydrogens is 186 g/mol. The second-order valence-electron chi connectivity index (χ2n) is 3.38. The summed E-state index contributed by atoms with van der Waals surface area (Å²) in [5.41, 5.74) is -0.469. The van der Waals surface area contributed by atoms with Gasteiger partial charge in [-0.2, -0.15) is 0 Å². The maximum absolute atomic E-state index is 11.3. The van der Waals surface area contributed by atoms with E-state index in [-0.39, 0.29) is 5.78 Å². The topological polar surface area (TPSA) is 39.2 Å². The molecule has 1 unspecified atom stereocenters. The molecule has 2 rings (SSSR count). The van der Waals surface area contributed by atoms with Crippen LogP contribution in [0.15, 0.2) is 11.6 Å². The summed E-state index contributed by atoms with van der Waals surface area (Å²) in [5.74, 6) is 0.268. The largest absolute Gasteiger partial charge is 0.367 e. The Bertz CT molecular complexity index is 309. The number of nitrogens with zero attached hydrogens (tertiary/aromatic N) is 1. The molecule has 1 fully saturated rings. The number of hydrogen-bond acceptors (Lipinski definition) is 4. The molecule has 0 aromatic carbocycles. The van der Waals surface area contributed by atoms with Crippen molar-refractivity contribution in [2.75, 3.05) is 6.61 Å². The average molecular weight is 197 g/mol. The van der Waals surface area contributed by atoms with Crippen LogP contribution >= 0.6 is 11.3 Å². The predicted molar refractivity (Wildman–Crippen MR) is 49.7 cm³/mol. The lowest BCUT2D eigenvalue weighted by Crippen LogP contribution is -2.34. The van der Waals surface area contributed by atoms with Crippen LogP contribution in [0.3, 0.4) is 0 Å². The molecule has 1 aromatic rings. The van der Waals surface area contributed by atoms with Gasteiger partial charge < -0.3 is 4.74 Å². The first-order chi connectivity index (χ1) is 6.21. The Hall–Kier alpha value is -0.740. The number of hydrogen-bond donors (Lipinski definition) is 0. The molecule has 0 saturated carbocycles. The van der Waals surface area contributed by atoms with Crippen molar-refractivity contribution in [1.82, 2.24) is 4.98 Å². The Morgan fingerprint density at radius 1 is 1.69 bits per heavy atom. The normalized spacial score (nSPS) is 29.2. The number of rotatable bonds is 1. The molecule has 70 valence electrons. The maximum atomic E-state index is 11.3. The van der Waals surface area contributed by atoms with E-state index >= 15 is 0 Å². The van der Waals surface area contributed by atoms with E-state index in [1.165, 1.54) is 0 Å². The second kappa shape index (κ2) is 3.20. The van der Waals surface area contributed by atoms with Crippen molar-refractivity contribution in [1.29, 1.82) is 0 Å². The fourth-order valence-corrected chi connectivity index (χ4v) is 2.28. The Kier molecular flexibility index (Phi) is 2.17. The summed E-state index contributed by atoms with van der Waals surface area (Å²) in [6, 6.07) is 0. The highest BCUT2D eigenvalue weighted by molar-refractivity contribution is 7.09. The molecule has 1 saturated heterocycles. The Morgan fingerprint density at radius 2 is 2.54 bits per heavy atom. The maximum Gasteiger partial charge on any atom is 0.138 e. The molecule has 0 amide bonds. The van der Waals surface area contributed by atoms with E-state index < -0.39 is 5.60 Å². The molecule has 2 heterocycles. The highest BCUT2D eigenvalue weighted by Crippen LogP contribution is 2.33. The minimum atomic E-state index is -0.469. The SMILES string of the molecule is CC1(c2nccs2)CC(=O)CCO1. The first-order valence-corrected chi connectivity index (χ1v) is 5.14. The molecule has 0 aliphatic carbocycles. The van der Waals surface area contributed by atoms with Gasteiger partial charge in [-0.3, -0.25) is 4.79 Å². The van der Waals surface area contributed by atoms with Crippen LogP contribution in [0.1, 0.15) is 24.8 Å². The van der Waals surface area contributed by atoms with E-state index in [0.717, 1.165) is 5.01 Å². The van der Waals surface area contributed by atoms with E-state index in [9.17, 15) is 4.79 Å². The van der Waals surface area contributed by atoms with Crippen molar-refractivity contribution in [2.24, 2.45) is 0 Å². The van der Waals surface area contributed by atoms with Crippen molar-refractivity contribution >= 4 is 17.1 Å². The Labute approximate surface area is 80.8 Å². The number of Topliss-reactive ketones (excluding diaryl/α,β-unsaturated/α-hetero) is 1. The molecule has 3 nitrogen and oxygen atoms in total. The third-order valence-corrected chi connectivity index (χ3v) is 3.24. The van der Waals surface area contributed by atoms with Gasteiger partial charge in [0.25, 0.3) is 0 Å². The lowest BCUT2D eigenvalue weighted by atomic mass is 9.96. The van der Waals surface area contributed by atoms with Gasteiger partial charge in [0, 0.05) is 24.4 Å². The van der Waals surface area contributed by atoms with Gasteiger partial charge in [0.1, 0.15) is 16.4 Å². The van der Waals surface area contributed by atoms with Gasteiger partial charge in [-0.1, -0.05) is 0 Å². The van der Waals surface area contributed by atoms with Crippen LogP contribution < -0.4 is 0 Å². The molecule has 0 bridgehead atoms. The van der Waals surface area contributed by atoms with Gasteiger partial charge >= 0.3 is 0 Å². The lowest BCUT2D eigenvalue weighted by Gasteiger charge is -2.30. The summed E-state index contributed by atoms with van der Waals surface area (Å²) in [5, 5.41) is 2.81. The fraction of sp³-hybridized carbons (Fsp3) is 0.556. The quantitative estimate of drug-likeness (QED) is 0.688. The van der Waals surface area contributed by atoms with Gasteiger partial charge in [-0.25, -0.2) is 4.98 Å². The number of carbonyl (C=O) groups is 1. The minimum Gasteiger partial charge on any atom is -0.367 e. The van der Waals surface area contributed by atoms with Crippen molar-refractivity contribution in [3.8, 4) is 0 Å². The number of aromatic nitrogens is 1. The first kappa shape index (κ1) is 8.84. The summed E-state index contributed by atoms with van der Waals surface area (Å²) in [7, 11) is 0. The van der Waals surface area contributed by atoms with Crippen LogP contribution in [0.4, 0.5) is 0 Å². The lowest BCUT2D eigenvalue weighted by molar-refractivity contribution is -0.138.